The van der Waals surface area contributed by atoms with Gasteiger partial charge in [-0.25, -0.2) is 4.98 Å². The Morgan fingerprint density at radius 1 is 1.21 bits per heavy atom. The van der Waals surface area contributed by atoms with Gasteiger partial charge in [-0.2, -0.15) is 15.0 Å². The van der Waals surface area contributed by atoms with Crippen molar-refractivity contribution in [3.8, 4) is 11.2 Å². The molecule has 142 valence electrons. The van der Waals surface area contributed by atoms with Gasteiger partial charge in [0.25, 0.3) is 0 Å². The number of rotatable bonds is 2. The molecule has 0 bridgehead atoms. The van der Waals surface area contributed by atoms with Crippen LogP contribution in [0.15, 0.2) is 42.5 Å². The number of benzene rings is 2. The summed E-state index contributed by atoms with van der Waals surface area (Å²) in [7, 11) is 0. The Labute approximate surface area is 171 Å². The predicted octanol–water partition coefficient (Wildman–Crippen LogP) is 4.44. The highest BCUT2D eigenvalue weighted by molar-refractivity contribution is 7.20. The highest BCUT2D eigenvalue weighted by atomic mass is 32.1. The number of amides is 1. The van der Waals surface area contributed by atoms with Crippen molar-refractivity contribution in [1.29, 1.82) is 5.26 Å². The lowest BCUT2D eigenvalue weighted by atomic mass is 9.85. The normalized spacial score (nSPS) is 15.8. The fourth-order valence-corrected chi connectivity index (χ4v) is 4.89. The molecule has 1 aliphatic rings. The average Bonchev–Trinajstić information content (AvgIpc) is 3.28. The number of carbonyl (C=O) groups excluding carboxylic acids is 1. The van der Waals surface area contributed by atoms with Crippen LogP contribution in [0.3, 0.4) is 0 Å². The van der Waals surface area contributed by atoms with E-state index in [1.54, 1.807) is 28.2 Å². The van der Waals surface area contributed by atoms with E-state index in [2.05, 4.69) is 24.4 Å². The number of hydrogen-bond donors (Lipinski definition) is 1. The Morgan fingerprint density at radius 2 is 2.00 bits per heavy atom. The third kappa shape index (κ3) is 2.89. The van der Waals surface area contributed by atoms with Gasteiger partial charge < -0.3 is 5.32 Å². The SMILES string of the molecule is Cc1ccc2nc(-n3nc(C)c4c3NC(=O)CC4c3ccc(C#N)cc3)sc2c1. The summed E-state index contributed by atoms with van der Waals surface area (Å²) in [6, 6.07) is 15.7. The molecule has 0 aliphatic carbocycles. The minimum Gasteiger partial charge on any atom is -0.310 e. The Morgan fingerprint density at radius 3 is 2.76 bits per heavy atom. The zero-order valence-electron chi connectivity index (χ0n) is 15.9. The Hall–Kier alpha value is -3.50. The lowest BCUT2D eigenvalue weighted by molar-refractivity contribution is -0.116. The number of nitriles is 1. The van der Waals surface area contributed by atoms with Crippen molar-refractivity contribution in [1.82, 2.24) is 14.8 Å². The van der Waals surface area contributed by atoms with Gasteiger partial charge in [-0.3, -0.25) is 4.79 Å². The largest absolute Gasteiger partial charge is 0.310 e. The molecule has 0 saturated heterocycles. The number of aryl methyl sites for hydroxylation is 2. The number of anilines is 1. The van der Waals surface area contributed by atoms with Crippen molar-refractivity contribution in [3.05, 3.63) is 70.4 Å². The summed E-state index contributed by atoms with van der Waals surface area (Å²) in [5.41, 5.74) is 5.58. The molecule has 1 aliphatic heterocycles. The molecule has 6 nitrogen and oxygen atoms in total. The summed E-state index contributed by atoms with van der Waals surface area (Å²) in [6.07, 6.45) is 0.352. The molecule has 2 aromatic heterocycles. The van der Waals surface area contributed by atoms with Crippen LogP contribution in [-0.2, 0) is 4.79 Å². The van der Waals surface area contributed by atoms with Crippen LogP contribution in [-0.4, -0.2) is 20.7 Å². The van der Waals surface area contributed by atoms with Crippen molar-refractivity contribution in [3.63, 3.8) is 0 Å². The van der Waals surface area contributed by atoms with Crippen LogP contribution in [0.4, 0.5) is 5.82 Å². The second-order valence-electron chi connectivity index (χ2n) is 7.27. The van der Waals surface area contributed by atoms with Crippen LogP contribution in [0.25, 0.3) is 15.3 Å². The van der Waals surface area contributed by atoms with Gasteiger partial charge in [0.05, 0.1) is 27.5 Å². The van der Waals surface area contributed by atoms with E-state index in [9.17, 15) is 4.79 Å². The highest BCUT2D eigenvalue weighted by Crippen LogP contribution is 2.41. The van der Waals surface area contributed by atoms with E-state index in [-0.39, 0.29) is 11.8 Å². The maximum Gasteiger partial charge on any atom is 0.226 e. The summed E-state index contributed by atoms with van der Waals surface area (Å²) in [5, 5.41) is 17.5. The fraction of sp³-hybridized carbons (Fsp3) is 0.182. The summed E-state index contributed by atoms with van der Waals surface area (Å²) >= 11 is 1.56. The van der Waals surface area contributed by atoms with Gasteiger partial charge in [-0.15, -0.1) is 0 Å². The minimum atomic E-state index is -0.100. The Kier molecular flexibility index (Phi) is 3.96. The molecule has 1 unspecified atom stereocenters. The van der Waals surface area contributed by atoms with Crippen LogP contribution in [0, 0.1) is 25.2 Å². The van der Waals surface area contributed by atoms with E-state index in [1.165, 1.54) is 5.56 Å². The molecule has 5 rings (SSSR count). The quantitative estimate of drug-likeness (QED) is 0.540. The first kappa shape index (κ1) is 17.6. The summed E-state index contributed by atoms with van der Waals surface area (Å²) in [6.45, 7) is 4.02. The summed E-state index contributed by atoms with van der Waals surface area (Å²) < 4.78 is 2.84. The number of thiazole rings is 1. The lowest BCUT2D eigenvalue weighted by Gasteiger charge is -2.24. The topological polar surface area (TPSA) is 83.6 Å². The molecule has 0 radical (unpaired) electrons. The van der Waals surface area contributed by atoms with Gasteiger partial charge in [0.1, 0.15) is 5.82 Å². The smallest absolute Gasteiger partial charge is 0.226 e. The van der Waals surface area contributed by atoms with Crippen molar-refractivity contribution in [2.75, 3.05) is 5.32 Å². The first-order valence-electron chi connectivity index (χ1n) is 9.30. The zero-order chi connectivity index (χ0) is 20.1. The van der Waals surface area contributed by atoms with Crippen molar-refractivity contribution >= 4 is 33.3 Å². The zero-order valence-corrected chi connectivity index (χ0v) is 16.7. The maximum absolute atomic E-state index is 12.5. The number of fused-ring (bicyclic) bond motifs is 2. The molecule has 1 N–H and O–H groups in total. The molecule has 0 saturated carbocycles. The van der Waals surface area contributed by atoms with E-state index in [4.69, 9.17) is 15.3 Å². The lowest BCUT2D eigenvalue weighted by Crippen LogP contribution is -2.24. The first-order chi connectivity index (χ1) is 14.0. The third-order valence-electron chi connectivity index (χ3n) is 5.26. The number of aromatic nitrogens is 3. The van der Waals surface area contributed by atoms with Crippen LogP contribution < -0.4 is 5.32 Å². The molecule has 1 atom stereocenters. The summed E-state index contributed by atoms with van der Waals surface area (Å²) in [5.74, 6) is 0.533. The number of hydrogen-bond acceptors (Lipinski definition) is 5. The fourth-order valence-electron chi connectivity index (χ4n) is 3.87. The number of nitrogens with zero attached hydrogens (tertiary/aromatic N) is 4. The molecular formula is C22H17N5OS. The minimum absolute atomic E-state index is 0.0510. The van der Waals surface area contributed by atoms with Crippen molar-refractivity contribution in [2.45, 2.75) is 26.2 Å². The highest BCUT2D eigenvalue weighted by Gasteiger charge is 2.33. The van der Waals surface area contributed by atoms with E-state index in [1.807, 2.05) is 31.2 Å². The van der Waals surface area contributed by atoms with Crippen LogP contribution in [0.5, 0.6) is 0 Å². The monoisotopic (exact) mass is 399 g/mol. The molecule has 29 heavy (non-hydrogen) atoms. The molecule has 1 amide bonds. The molecule has 2 aromatic carbocycles. The van der Waals surface area contributed by atoms with Gasteiger partial charge in [-0.1, -0.05) is 29.5 Å². The van der Waals surface area contributed by atoms with E-state index < -0.39 is 0 Å². The molecule has 0 spiro atoms. The predicted molar refractivity (Wildman–Crippen MR) is 112 cm³/mol. The van der Waals surface area contributed by atoms with Gasteiger partial charge in [0.15, 0.2) is 0 Å². The van der Waals surface area contributed by atoms with Gasteiger partial charge >= 0.3 is 0 Å². The Bertz CT molecular complexity index is 1310. The van der Waals surface area contributed by atoms with Gasteiger partial charge in [-0.05, 0) is 49.2 Å². The van der Waals surface area contributed by atoms with Crippen LogP contribution in [0.2, 0.25) is 0 Å². The maximum atomic E-state index is 12.5. The van der Waals surface area contributed by atoms with E-state index >= 15 is 0 Å². The second kappa shape index (κ2) is 6.54. The number of carbonyl (C=O) groups is 1. The average molecular weight is 399 g/mol. The van der Waals surface area contributed by atoms with Crippen LogP contribution in [0.1, 0.15) is 40.3 Å². The van der Waals surface area contributed by atoms with Crippen molar-refractivity contribution < 1.29 is 4.79 Å². The van der Waals surface area contributed by atoms with Crippen LogP contribution >= 0.6 is 11.3 Å². The van der Waals surface area contributed by atoms with Gasteiger partial charge in [0, 0.05) is 17.9 Å². The first-order valence-corrected chi connectivity index (χ1v) is 10.1. The van der Waals surface area contributed by atoms with Gasteiger partial charge in [0.2, 0.25) is 11.0 Å². The summed E-state index contributed by atoms with van der Waals surface area (Å²) in [4.78, 5) is 17.2. The Balaban J connectivity index is 1.65. The van der Waals surface area contributed by atoms with E-state index in [0.29, 0.717) is 17.8 Å². The third-order valence-corrected chi connectivity index (χ3v) is 6.25. The molecule has 7 heteroatoms. The molecule has 0 fully saturated rings. The molecule has 3 heterocycles. The standard InChI is InChI=1S/C22H17N5OS/c1-12-3-8-17-18(9-12)29-22(24-17)27-21-20(13(2)26-27)16(10-19(28)25-21)15-6-4-14(11-23)5-7-15/h3-9,16H,10H2,1-2H3,(H,25,28). The van der Waals surface area contributed by atoms with Crippen molar-refractivity contribution in [2.24, 2.45) is 0 Å². The molecular weight excluding hydrogens is 382 g/mol. The number of nitrogens with one attached hydrogen (secondary N) is 1. The second-order valence-corrected chi connectivity index (χ2v) is 8.27. The van der Waals surface area contributed by atoms with E-state index in [0.717, 1.165) is 32.2 Å². The molecule has 4 aromatic rings.